The van der Waals surface area contributed by atoms with E-state index in [-0.39, 0.29) is 11.9 Å². The Morgan fingerprint density at radius 1 is 1.09 bits per heavy atom. The van der Waals surface area contributed by atoms with E-state index in [0.29, 0.717) is 23.7 Å². The van der Waals surface area contributed by atoms with E-state index in [1.807, 2.05) is 12.1 Å². The first-order valence-corrected chi connectivity index (χ1v) is 7.53. The highest BCUT2D eigenvalue weighted by molar-refractivity contribution is 6.30. The van der Waals surface area contributed by atoms with Gasteiger partial charge in [0.25, 0.3) is 0 Å². The zero-order chi connectivity index (χ0) is 16.2. The van der Waals surface area contributed by atoms with Crippen LogP contribution >= 0.6 is 11.6 Å². The molecule has 2 aromatic rings. The van der Waals surface area contributed by atoms with Gasteiger partial charge in [0.1, 0.15) is 6.61 Å². The summed E-state index contributed by atoms with van der Waals surface area (Å²) in [6.45, 7) is 0.923. The Balaban J connectivity index is 1.70. The first-order chi connectivity index (χ1) is 11.1. The Morgan fingerprint density at radius 2 is 1.78 bits per heavy atom. The standard InChI is InChI=1S/C18H14ClNO3/c19-15-6-1-13(2-7-15)3-10-17(21)14-4-8-16(9-5-14)20-11-12-23-18(20)22/h1-10H,11-12H2/b10-3-. The molecule has 1 amide bonds. The quantitative estimate of drug-likeness (QED) is 0.624. The smallest absolute Gasteiger partial charge is 0.414 e. The molecular formula is C18H14ClNO3. The summed E-state index contributed by atoms with van der Waals surface area (Å²) in [4.78, 5) is 25.2. The number of cyclic esters (lactones) is 1. The van der Waals surface area contributed by atoms with Crippen molar-refractivity contribution in [2.45, 2.75) is 0 Å². The number of carbonyl (C=O) groups excluding carboxylic acids is 2. The minimum Gasteiger partial charge on any atom is -0.447 e. The van der Waals surface area contributed by atoms with Crippen LogP contribution in [-0.2, 0) is 4.74 Å². The van der Waals surface area contributed by atoms with Gasteiger partial charge in [0, 0.05) is 16.3 Å². The number of benzene rings is 2. The Kier molecular flexibility index (Phi) is 4.44. The summed E-state index contributed by atoms with van der Waals surface area (Å²) in [5, 5.41) is 0.657. The van der Waals surface area contributed by atoms with Crippen molar-refractivity contribution in [1.29, 1.82) is 0 Å². The van der Waals surface area contributed by atoms with Gasteiger partial charge in [-0.05, 0) is 48.0 Å². The second-order valence-electron chi connectivity index (χ2n) is 5.06. The summed E-state index contributed by atoms with van der Waals surface area (Å²) in [7, 11) is 0. The van der Waals surface area contributed by atoms with Crippen molar-refractivity contribution in [2.24, 2.45) is 0 Å². The van der Waals surface area contributed by atoms with Crippen LogP contribution in [0.15, 0.2) is 54.6 Å². The molecule has 1 fully saturated rings. The molecule has 0 radical (unpaired) electrons. The van der Waals surface area contributed by atoms with E-state index in [0.717, 1.165) is 11.3 Å². The van der Waals surface area contributed by atoms with Gasteiger partial charge >= 0.3 is 6.09 Å². The molecule has 0 bridgehead atoms. The van der Waals surface area contributed by atoms with E-state index in [2.05, 4.69) is 0 Å². The van der Waals surface area contributed by atoms with Crippen molar-refractivity contribution >= 4 is 35.2 Å². The molecular weight excluding hydrogens is 314 g/mol. The molecule has 2 aromatic carbocycles. The molecule has 1 heterocycles. The molecule has 0 N–H and O–H groups in total. The maximum Gasteiger partial charge on any atom is 0.414 e. The van der Waals surface area contributed by atoms with Crippen molar-refractivity contribution in [1.82, 2.24) is 0 Å². The number of allylic oxidation sites excluding steroid dienone is 1. The molecule has 0 aliphatic carbocycles. The number of anilines is 1. The molecule has 1 saturated heterocycles. The first kappa shape index (κ1) is 15.3. The fraction of sp³-hybridized carbons (Fsp3) is 0.111. The Morgan fingerprint density at radius 3 is 2.39 bits per heavy atom. The number of carbonyl (C=O) groups is 2. The third kappa shape index (κ3) is 3.60. The van der Waals surface area contributed by atoms with Crippen LogP contribution in [0, 0.1) is 0 Å². The fourth-order valence-corrected chi connectivity index (χ4v) is 2.40. The highest BCUT2D eigenvalue weighted by Gasteiger charge is 2.23. The van der Waals surface area contributed by atoms with Gasteiger partial charge in [-0.25, -0.2) is 4.79 Å². The number of ether oxygens (including phenoxy) is 1. The monoisotopic (exact) mass is 327 g/mol. The lowest BCUT2D eigenvalue weighted by Crippen LogP contribution is -2.23. The lowest BCUT2D eigenvalue weighted by atomic mass is 10.1. The van der Waals surface area contributed by atoms with Gasteiger partial charge in [-0.3, -0.25) is 9.69 Å². The number of rotatable bonds is 4. The van der Waals surface area contributed by atoms with Crippen LogP contribution in [-0.4, -0.2) is 25.0 Å². The van der Waals surface area contributed by atoms with Gasteiger partial charge in [0.2, 0.25) is 0 Å². The first-order valence-electron chi connectivity index (χ1n) is 7.16. The molecule has 1 aliphatic rings. The molecule has 23 heavy (non-hydrogen) atoms. The van der Waals surface area contributed by atoms with Crippen molar-refractivity contribution < 1.29 is 14.3 Å². The number of halogens is 1. The van der Waals surface area contributed by atoms with Gasteiger partial charge in [0.15, 0.2) is 5.78 Å². The van der Waals surface area contributed by atoms with Crippen LogP contribution in [0.3, 0.4) is 0 Å². The van der Waals surface area contributed by atoms with E-state index in [9.17, 15) is 9.59 Å². The molecule has 116 valence electrons. The van der Waals surface area contributed by atoms with E-state index < -0.39 is 0 Å². The minimum absolute atomic E-state index is 0.101. The topological polar surface area (TPSA) is 46.6 Å². The maximum atomic E-state index is 12.2. The molecule has 0 atom stereocenters. The van der Waals surface area contributed by atoms with E-state index in [1.165, 1.54) is 11.0 Å². The zero-order valence-corrected chi connectivity index (χ0v) is 13.0. The summed E-state index contributed by atoms with van der Waals surface area (Å²) in [6, 6.07) is 14.1. The average Bonchev–Trinajstić information content (AvgIpc) is 3.00. The van der Waals surface area contributed by atoms with Gasteiger partial charge in [0.05, 0.1) is 6.54 Å². The maximum absolute atomic E-state index is 12.2. The summed E-state index contributed by atoms with van der Waals surface area (Å²) in [6.07, 6.45) is 2.90. The number of amides is 1. The van der Waals surface area contributed by atoms with E-state index in [4.69, 9.17) is 16.3 Å². The number of nitrogens with zero attached hydrogens (tertiary/aromatic N) is 1. The normalized spacial score (nSPS) is 14.3. The summed E-state index contributed by atoms with van der Waals surface area (Å²) >= 11 is 5.82. The fourth-order valence-electron chi connectivity index (χ4n) is 2.28. The lowest BCUT2D eigenvalue weighted by molar-refractivity contribution is 0.104. The zero-order valence-electron chi connectivity index (χ0n) is 12.2. The largest absolute Gasteiger partial charge is 0.447 e. The predicted octanol–water partition coefficient (Wildman–Crippen LogP) is 4.19. The third-order valence-corrected chi connectivity index (χ3v) is 3.77. The summed E-state index contributed by atoms with van der Waals surface area (Å²) in [5.74, 6) is -0.101. The highest BCUT2D eigenvalue weighted by Crippen LogP contribution is 2.19. The van der Waals surface area contributed by atoms with E-state index >= 15 is 0 Å². The Hall–Kier alpha value is -2.59. The molecule has 0 aromatic heterocycles. The van der Waals surface area contributed by atoms with Gasteiger partial charge in [-0.15, -0.1) is 0 Å². The van der Waals surface area contributed by atoms with Gasteiger partial charge < -0.3 is 4.74 Å². The number of hydrogen-bond donors (Lipinski definition) is 0. The highest BCUT2D eigenvalue weighted by atomic mass is 35.5. The van der Waals surface area contributed by atoms with Crippen LogP contribution in [0.1, 0.15) is 15.9 Å². The molecule has 4 nitrogen and oxygen atoms in total. The second-order valence-corrected chi connectivity index (χ2v) is 5.50. The van der Waals surface area contributed by atoms with Crippen molar-refractivity contribution in [2.75, 3.05) is 18.1 Å². The molecule has 1 aliphatic heterocycles. The van der Waals surface area contributed by atoms with Gasteiger partial charge in [-0.1, -0.05) is 29.8 Å². The van der Waals surface area contributed by atoms with Crippen molar-refractivity contribution in [3.63, 3.8) is 0 Å². The molecule has 0 spiro atoms. The summed E-state index contributed by atoms with van der Waals surface area (Å²) < 4.78 is 4.89. The number of ketones is 1. The Labute approximate surface area is 138 Å². The van der Waals surface area contributed by atoms with Gasteiger partial charge in [-0.2, -0.15) is 0 Å². The molecule has 5 heteroatoms. The lowest BCUT2D eigenvalue weighted by Gasteiger charge is -2.12. The SMILES string of the molecule is O=C(/C=C\c1ccc(Cl)cc1)c1ccc(N2CCOC2=O)cc1. The van der Waals surface area contributed by atoms with E-state index in [1.54, 1.807) is 42.5 Å². The Bertz CT molecular complexity index is 751. The van der Waals surface area contributed by atoms with Crippen LogP contribution in [0.5, 0.6) is 0 Å². The van der Waals surface area contributed by atoms with Crippen LogP contribution in [0.25, 0.3) is 6.08 Å². The molecule has 0 saturated carbocycles. The second kappa shape index (κ2) is 6.67. The molecule has 0 unspecified atom stereocenters. The third-order valence-electron chi connectivity index (χ3n) is 3.52. The van der Waals surface area contributed by atoms with Crippen LogP contribution in [0.2, 0.25) is 5.02 Å². The molecule has 3 rings (SSSR count). The van der Waals surface area contributed by atoms with Crippen LogP contribution < -0.4 is 4.90 Å². The average molecular weight is 328 g/mol. The number of hydrogen-bond acceptors (Lipinski definition) is 3. The van der Waals surface area contributed by atoms with Crippen molar-refractivity contribution in [3.05, 3.63) is 70.8 Å². The minimum atomic E-state index is -0.355. The van der Waals surface area contributed by atoms with Crippen molar-refractivity contribution in [3.8, 4) is 0 Å². The predicted molar refractivity (Wildman–Crippen MR) is 90.0 cm³/mol. The summed E-state index contributed by atoms with van der Waals surface area (Å²) in [5.41, 5.74) is 2.19. The van der Waals surface area contributed by atoms with Crippen LogP contribution in [0.4, 0.5) is 10.5 Å².